The molecule has 5 N–H and O–H groups in total. The van der Waals surface area contributed by atoms with Gasteiger partial charge in [0.25, 0.3) is 0 Å². The molecule has 170 valence electrons. The lowest BCUT2D eigenvalue weighted by atomic mass is 10.1. The summed E-state index contributed by atoms with van der Waals surface area (Å²) in [4.78, 5) is 3.86. The monoisotopic (exact) mass is 450 g/mol. The molecule has 1 aromatic heterocycles. The second-order valence-corrected chi connectivity index (χ2v) is 6.25. The predicted molar refractivity (Wildman–Crippen MR) is 103 cm³/mol. The molecular weight excluding hydrogens is 430 g/mol. The highest BCUT2D eigenvalue weighted by Crippen LogP contribution is 2.37. The third kappa shape index (κ3) is 6.01. The maximum Gasteiger partial charge on any atom is 0.418 e. The van der Waals surface area contributed by atoms with Gasteiger partial charge in [-0.05, 0) is 24.3 Å². The zero-order valence-corrected chi connectivity index (χ0v) is 16.0. The Bertz CT molecular complexity index is 1000. The molecule has 0 aliphatic carbocycles. The maximum atomic E-state index is 12.7. The van der Waals surface area contributed by atoms with Crippen LogP contribution in [0, 0.1) is 0 Å². The number of rotatable bonds is 5. The van der Waals surface area contributed by atoms with Crippen molar-refractivity contribution >= 4 is 22.4 Å². The minimum atomic E-state index is -4.45. The van der Waals surface area contributed by atoms with Gasteiger partial charge in [0.15, 0.2) is 0 Å². The van der Waals surface area contributed by atoms with Crippen molar-refractivity contribution in [2.45, 2.75) is 18.9 Å². The number of hydrogen-bond acceptors (Lipinski definition) is 5. The van der Waals surface area contributed by atoms with Crippen molar-refractivity contribution < 1.29 is 36.6 Å². The van der Waals surface area contributed by atoms with Crippen LogP contribution in [0.5, 0.6) is 0 Å². The summed E-state index contributed by atoms with van der Waals surface area (Å²) in [5.74, 6) is 0. The number of nitrogens with zero attached hydrogens (tertiary/aromatic N) is 2. The van der Waals surface area contributed by atoms with Crippen molar-refractivity contribution in [2.75, 3.05) is 30.8 Å². The van der Waals surface area contributed by atoms with Crippen molar-refractivity contribution in [3.05, 3.63) is 53.9 Å². The van der Waals surface area contributed by atoms with Crippen LogP contribution in [0.25, 0.3) is 11.0 Å². The molecular formula is C19H20F6N4O2. The van der Waals surface area contributed by atoms with Crippen molar-refractivity contribution in [3.8, 4) is 0 Å². The molecule has 0 aliphatic heterocycles. The standard InChI is InChI=1S/C10H9F3N2O.C9H11F3N2O/c11-10(12,13)7-2-1-3-8-9(7)15(4-5-16)6-14-8;10-9(11,12)6-2-1-3-7(13)8(6)14-4-5-15/h1-3,6,16H,4-5H2;1-3,14-15H,4-5,13H2. The Hall–Kier alpha value is -2.99. The number of nitrogens with one attached hydrogen (secondary N) is 1. The third-order valence-electron chi connectivity index (χ3n) is 4.10. The number of halogens is 6. The summed E-state index contributed by atoms with van der Waals surface area (Å²) in [7, 11) is 0. The van der Waals surface area contributed by atoms with E-state index in [1.54, 1.807) is 0 Å². The van der Waals surface area contributed by atoms with Crippen LogP contribution in [-0.2, 0) is 18.9 Å². The van der Waals surface area contributed by atoms with Gasteiger partial charge in [-0.1, -0.05) is 12.1 Å². The number of aliphatic hydroxyl groups is 2. The molecule has 2 aromatic carbocycles. The number of nitrogens with two attached hydrogens (primary N) is 1. The van der Waals surface area contributed by atoms with E-state index in [9.17, 15) is 26.3 Å². The summed E-state index contributed by atoms with van der Waals surface area (Å²) in [6, 6.07) is 7.39. The van der Waals surface area contributed by atoms with Crippen molar-refractivity contribution in [2.24, 2.45) is 0 Å². The molecule has 12 heteroatoms. The lowest BCUT2D eigenvalue weighted by molar-refractivity contribution is -0.137. The van der Waals surface area contributed by atoms with Crippen LogP contribution in [0.4, 0.5) is 37.7 Å². The number of benzene rings is 2. The molecule has 0 radical (unpaired) electrons. The van der Waals surface area contributed by atoms with Gasteiger partial charge in [0.1, 0.15) is 0 Å². The van der Waals surface area contributed by atoms with Gasteiger partial charge in [0.2, 0.25) is 0 Å². The number of alkyl halides is 6. The van der Waals surface area contributed by atoms with E-state index in [0.29, 0.717) is 0 Å². The summed E-state index contributed by atoms with van der Waals surface area (Å²) in [5.41, 5.74) is 3.99. The predicted octanol–water partition coefficient (Wildman–Crippen LogP) is 3.74. The number of aliphatic hydroxyl groups excluding tert-OH is 2. The first-order valence-electron chi connectivity index (χ1n) is 8.93. The number of nitrogen functional groups attached to an aromatic ring is 1. The molecule has 3 rings (SSSR count). The fraction of sp³-hybridized carbons (Fsp3) is 0.316. The van der Waals surface area contributed by atoms with Crippen LogP contribution in [0.2, 0.25) is 0 Å². The summed E-state index contributed by atoms with van der Waals surface area (Å²) >= 11 is 0. The van der Waals surface area contributed by atoms with E-state index in [0.717, 1.165) is 12.1 Å². The van der Waals surface area contributed by atoms with Gasteiger partial charge in [-0.15, -0.1) is 0 Å². The van der Waals surface area contributed by atoms with Crippen molar-refractivity contribution in [1.29, 1.82) is 0 Å². The number of hydrogen-bond donors (Lipinski definition) is 4. The van der Waals surface area contributed by atoms with E-state index >= 15 is 0 Å². The van der Waals surface area contributed by atoms with Crippen LogP contribution in [0.3, 0.4) is 0 Å². The fourth-order valence-electron chi connectivity index (χ4n) is 2.82. The average Bonchev–Trinajstić information content (AvgIpc) is 3.09. The Morgan fingerprint density at radius 3 is 2.10 bits per heavy atom. The molecule has 0 bridgehead atoms. The van der Waals surface area contributed by atoms with Gasteiger partial charge < -0.3 is 25.8 Å². The molecule has 0 amide bonds. The summed E-state index contributed by atoms with van der Waals surface area (Å²) < 4.78 is 76.9. The fourth-order valence-corrected chi connectivity index (χ4v) is 2.82. The molecule has 1 heterocycles. The maximum absolute atomic E-state index is 12.7. The largest absolute Gasteiger partial charge is 0.418 e. The van der Waals surface area contributed by atoms with Crippen molar-refractivity contribution in [3.63, 3.8) is 0 Å². The summed E-state index contributed by atoms with van der Waals surface area (Å²) in [5, 5.41) is 19.7. The lowest BCUT2D eigenvalue weighted by Crippen LogP contribution is -2.14. The lowest BCUT2D eigenvalue weighted by Gasteiger charge is -2.15. The number of aromatic nitrogens is 2. The third-order valence-corrected chi connectivity index (χ3v) is 4.10. The van der Waals surface area contributed by atoms with Gasteiger partial charge in [0.05, 0.1) is 53.1 Å². The van der Waals surface area contributed by atoms with Gasteiger partial charge >= 0.3 is 12.4 Å². The highest BCUT2D eigenvalue weighted by Gasteiger charge is 2.34. The second kappa shape index (κ2) is 9.88. The molecule has 31 heavy (non-hydrogen) atoms. The van der Waals surface area contributed by atoms with E-state index in [-0.39, 0.29) is 48.7 Å². The van der Waals surface area contributed by atoms with Gasteiger partial charge in [-0.25, -0.2) is 4.98 Å². The topological polar surface area (TPSA) is 96.3 Å². The highest BCUT2D eigenvalue weighted by molar-refractivity contribution is 5.79. The van der Waals surface area contributed by atoms with Crippen LogP contribution in [0.1, 0.15) is 11.1 Å². The summed E-state index contributed by atoms with van der Waals surface area (Å²) in [6.07, 6.45) is -7.56. The van der Waals surface area contributed by atoms with Crippen LogP contribution in [0.15, 0.2) is 42.7 Å². The van der Waals surface area contributed by atoms with E-state index in [1.165, 1.54) is 35.2 Å². The molecule has 0 spiro atoms. The Morgan fingerprint density at radius 1 is 0.903 bits per heavy atom. The van der Waals surface area contributed by atoms with E-state index in [1.807, 2.05) is 0 Å². The minimum Gasteiger partial charge on any atom is -0.397 e. The molecule has 0 saturated carbocycles. The molecule has 3 aromatic rings. The van der Waals surface area contributed by atoms with Gasteiger partial charge in [0, 0.05) is 13.1 Å². The number of fused-ring (bicyclic) bond motifs is 1. The molecule has 6 nitrogen and oxygen atoms in total. The Labute approximate surface area is 172 Å². The summed E-state index contributed by atoms with van der Waals surface area (Å²) in [6.45, 7) is -0.357. The number of imidazole rings is 1. The smallest absolute Gasteiger partial charge is 0.397 e. The molecule has 0 saturated heterocycles. The van der Waals surface area contributed by atoms with E-state index in [2.05, 4.69) is 10.3 Å². The Kier molecular flexibility index (Phi) is 7.74. The Morgan fingerprint density at radius 2 is 1.52 bits per heavy atom. The molecule has 0 atom stereocenters. The second-order valence-electron chi connectivity index (χ2n) is 6.25. The van der Waals surface area contributed by atoms with Crippen LogP contribution >= 0.6 is 0 Å². The Balaban J connectivity index is 0.000000221. The average molecular weight is 450 g/mol. The van der Waals surface area contributed by atoms with Gasteiger partial charge in [-0.2, -0.15) is 26.3 Å². The zero-order chi connectivity index (χ0) is 23.2. The highest BCUT2D eigenvalue weighted by atomic mass is 19.4. The van der Waals surface area contributed by atoms with Crippen LogP contribution in [-0.4, -0.2) is 39.5 Å². The van der Waals surface area contributed by atoms with E-state index in [4.69, 9.17) is 15.9 Å². The molecule has 0 fully saturated rings. The van der Waals surface area contributed by atoms with Gasteiger partial charge in [-0.3, -0.25) is 0 Å². The molecule has 0 aliphatic rings. The zero-order valence-electron chi connectivity index (χ0n) is 16.0. The first-order valence-corrected chi connectivity index (χ1v) is 8.93. The van der Waals surface area contributed by atoms with Crippen LogP contribution < -0.4 is 11.1 Å². The normalized spacial score (nSPS) is 11.9. The number of para-hydroxylation sites is 2. The number of anilines is 2. The first-order chi connectivity index (χ1) is 14.5. The SMILES string of the molecule is Nc1cccc(C(F)(F)F)c1NCCO.OCCn1cnc2cccc(C(F)(F)F)c21. The van der Waals surface area contributed by atoms with Crippen molar-refractivity contribution in [1.82, 2.24) is 9.55 Å². The van der Waals surface area contributed by atoms with E-state index < -0.39 is 23.5 Å². The quantitative estimate of drug-likeness (QED) is 0.351. The minimum absolute atomic E-state index is 0.0123. The first kappa shape index (κ1) is 24.3. The molecule has 0 unspecified atom stereocenters.